The van der Waals surface area contributed by atoms with E-state index < -0.39 is 0 Å². The van der Waals surface area contributed by atoms with E-state index in [0.717, 1.165) is 29.8 Å². The van der Waals surface area contributed by atoms with Crippen molar-refractivity contribution < 1.29 is 9.15 Å². The Morgan fingerprint density at radius 1 is 1.65 bits per heavy atom. The molecule has 2 rings (SSSR count). The monoisotopic (exact) mass is 256 g/mol. The van der Waals surface area contributed by atoms with Gasteiger partial charge in [-0.15, -0.1) is 0 Å². The number of hydrogen-bond donors (Lipinski definition) is 1. The molecule has 2 atom stereocenters. The Labute approximate surface area is 107 Å². The van der Waals surface area contributed by atoms with Crippen LogP contribution in [-0.4, -0.2) is 36.0 Å². The van der Waals surface area contributed by atoms with Gasteiger partial charge in [0.05, 0.1) is 11.8 Å². The summed E-state index contributed by atoms with van der Waals surface area (Å²) in [7, 11) is 0. The highest BCUT2D eigenvalue weighted by Gasteiger charge is 2.21. The number of hydrogen-bond acceptors (Lipinski definition) is 5. The Balaban J connectivity index is 1.59. The van der Waals surface area contributed by atoms with Crippen LogP contribution in [0.15, 0.2) is 15.9 Å². The molecule has 0 aromatic carbocycles. The predicted octanol–water partition coefficient (Wildman–Crippen LogP) is 2.23. The van der Waals surface area contributed by atoms with E-state index in [0.29, 0.717) is 12.1 Å². The number of thioether (sulfide) groups is 1. The van der Waals surface area contributed by atoms with Crippen LogP contribution in [0.5, 0.6) is 0 Å². The fourth-order valence-electron chi connectivity index (χ4n) is 1.95. The Hall–Kier alpha value is -0.520. The molecular formula is C12H20N2O2S. The standard InChI is InChI=1S/C12H20N2O2S/c1-9-8-16-12(14-9)17-7-5-13-10(2)11-4-3-6-15-11/h8,10-11,13H,3-7H2,1-2H3. The van der Waals surface area contributed by atoms with Gasteiger partial charge in [-0.2, -0.15) is 0 Å². The van der Waals surface area contributed by atoms with Crippen molar-refractivity contribution in [1.29, 1.82) is 0 Å². The highest BCUT2D eigenvalue weighted by atomic mass is 32.2. The van der Waals surface area contributed by atoms with Gasteiger partial charge in [-0.05, 0) is 26.7 Å². The second kappa shape index (κ2) is 6.42. The van der Waals surface area contributed by atoms with E-state index in [4.69, 9.17) is 9.15 Å². The number of nitrogens with one attached hydrogen (secondary N) is 1. The van der Waals surface area contributed by atoms with Crippen LogP contribution in [-0.2, 0) is 4.74 Å². The van der Waals surface area contributed by atoms with Gasteiger partial charge in [-0.1, -0.05) is 11.8 Å². The molecule has 0 bridgehead atoms. The van der Waals surface area contributed by atoms with E-state index in [1.54, 1.807) is 18.0 Å². The molecule has 96 valence electrons. The van der Waals surface area contributed by atoms with Crippen LogP contribution in [0, 0.1) is 6.92 Å². The van der Waals surface area contributed by atoms with Gasteiger partial charge >= 0.3 is 0 Å². The lowest BCUT2D eigenvalue weighted by molar-refractivity contribution is 0.0844. The van der Waals surface area contributed by atoms with Gasteiger partial charge in [0.25, 0.3) is 5.22 Å². The zero-order valence-corrected chi connectivity index (χ0v) is 11.3. The molecule has 1 N–H and O–H groups in total. The maximum absolute atomic E-state index is 5.63. The van der Waals surface area contributed by atoms with Crippen LogP contribution < -0.4 is 5.32 Å². The van der Waals surface area contributed by atoms with Crippen LogP contribution in [0.1, 0.15) is 25.5 Å². The Bertz CT molecular complexity index is 337. The summed E-state index contributed by atoms with van der Waals surface area (Å²) in [4.78, 5) is 4.25. The fraction of sp³-hybridized carbons (Fsp3) is 0.750. The molecule has 1 saturated heterocycles. The molecule has 2 unspecified atom stereocenters. The van der Waals surface area contributed by atoms with Crippen molar-refractivity contribution in [3.05, 3.63) is 12.0 Å². The summed E-state index contributed by atoms with van der Waals surface area (Å²) in [6.45, 7) is 6.00. The summed E-state index contributed by atoms with van der Waals surface area (Å²) in [6, 6.07) is 0.435. The lowest BCUT2D eigenvalue weighted by Crippen LogP contribution is -2.38. The van der Waals surface area contributed by atoms with E-state index in [-0.39, 0.29) is 0 Å². The first-order chi connectivity index (χ1) is 8.25. The van der Waals surface area contributed by atoms with Crippen molar-refractivity contribution in [3.63, 3.8) is 0 Å². The number of nitrogens with zero attached hydrogens (tertiary/aromatic N) is 1. The molecule has 1 fully saturated rings. The first-order valence-electron chi connectivity index (χ1n) is 6.15. The van der Waals surface area contributed by atoms with E-state index in [2.05, 4.69) is 17.2 Å². The van der Waals surface area contributed by atoms with Gasteiger partial charge in [0.15, 0.2) is 0 Å². The normalized spacial score (nSPS) is 21.9. The second-order valence-corrected chi connectivity index (χ2v) is 5.44. The number of aromatic nitrogens is 1. The van der Waals surface area contributed by atoms with Gasteiger partial charge in [-0.3, -0.25) is 0 Å². The highest BCUT2D eigenvalue weighted by molar-refractivity contribution is 7.99. The van der Waals surface area contributed by atoms with E-state index in [9.17, 15) is 0 Å². The molecule has 1 aliphatic heterocycles. The minimum atomic E-state index is 0.393. The van der Waals surface area contributed by atoms with Crippen molar-refractivity contribution in [2.24, 2.45) is 0 Å². The number of ether oxygens (including phenoxy) is 1. The third kappa shape index (κ3) is 4.01. The average molecular weight is 256 g/mol. The smallest absolute Gasteiger partial charge is 0.255 e. The zero-order chi connectivity index (χ0) is 12.1. The summed E-state index contributed by atoms with van der Waals surface area (Å²) in [5, 5.41) is 4.24. The fourth-order valence-corrected chi connectivity index (χ4v) is 2.67. The molecule has 1 aromatic heterocycles. The number of rotatable bonds is 6. The molecule has 1 aromatic rings. The summed E-state index contributed by atoms with van der Waals surface area (Å²) in [5.74, 6) is 0.969. The van der Waals surface area contributed by atoms with Gasteiger partial charge in [0.1, 0.15) is 6.26 Å². The maximum Gasteiger partial charge on any atom is 0.255 e. The lowest BCUT2D eigenvalue weighted by atomic mass is 10.1. The van der Waals surface area contributed by atoms with E-state index in [1.165, 1.54) is 12.8 Å². The molecule has 1 aliphatic rings. The summed E-state index contributed by atoms with van der Waals surface area (Å²) >= 11 is 1.64. The van der Waals surface area contributed by atoms with E-state index in [1.807, 2.05) is 6.92 Å². The van der Waals surface area contributed by atoms with Crippen LogP contribution in [0.2, 0.25) is 0 Å². The molecule has 0 aliphatic carbocycles. The molecule has 17 heavy (non-hydrogen) atoms. The summed E-state index contributed by atoms with van der Waals surface area (Å²) in [5.41, 5.74) is 0.938. The molecular weight excluding hydrogens is 236 g/mol. The molecule has 0 spiro atoms. The number of aryl methyl sites for hydroxylation is 1. The summed E-state index contributed by atoms with van der Waals surface area (Å²) in [6.07, 6.45) is 4.45. The van der Waals surface area contributed by atoms with Crippen LogP contribution in [0.25, 0.3) is 0 Å². The Morgan fingerprint density at radius 2 is 2.53 bits per heavy atom. The van der Waals surface area contributed by atoms with Crippen molar-refractivity contribution in [2.45, 2.75) is 44.1 Å². The van der Waals surface area contributed by atoms with Crippen molar-refractivity contribution in [3.8, 4) is 0 Å². The maximum atomic E-state index is 5.63. The minimum Gasteiger partial charge on any atom is -0.440 e. The predicted molar refractivity (Wildman–Crippen MR) is 68.4 cm³/mol. The van der Waals surface area contributed by atoms with E-state index >= 15 is 0 Å². The van der Waals surface area contributed by atoms with Crippen molar-refractivity contribution >= 4 is 11.8 Å². The lowest BCUT2D eigenvalue weighted by Gasteiger charge is -2.19. The molecule has 0 saturated carbocycles. The van der Waals surface area contributed by atoms with Gasteiger partial charge in [-0.25, -0.2) is 4.98 Å². The first kappa shape index (κ1) is 12.9. The van der Waals surface area contributed by atoms with Crippen LogP contribution in [0.3, 0.4) is 0 Å². The molecule has 2 heterocycles. The first-order valence-corrected chi connectivity index (χ1v) is 7.14. The highest BCUT2D eigenvalue weighted by Crippen LogP contribution is 2.17. The minimum absolute atomic E-state index is 0.393. The Kier molecular flexibility index (Phi) is 4.88. The van der Waals surface area contributed by atoms with Crippen molar-refractivity contribution in [2.75, 3.05) is 18.9 Å². The molecule has 0 amide bonds. The summed E-state index contributed by atoms with van der Waals surface area (Å²) < 4.78 is 10.9. The zero-order valence-electron chi connectivity index (χ0n) is 10.4. The number of oxazole rings is 1. The van der Waals surface area contributed by atoms with Crippen LogP contribution in [0.4, 0.5) is 0 Å². The third-order valence-corrected chi connectivity index (χ3v) is 3.76. The largest absolute Gasteiger partial charge is 0.440 e. The van der Waals surface area contributed by atoms with Gasteiger partial charge < -0.3 is 14.5 Å². The topological polar surface area (TPSA) is 47.3 Å². The quantitative estimate of drug-likeness (QED) is 0.625. The second-order valence-electron chi connectivity index (χ2n) is 4.40. The SMILES string of the molecule is Cc1coc(SCCNC(C)C2CCCO2)n1. The molecule has 4 nitrogen and oxygen atoms in total. The molecule has 5 heteroatoms. The molecule has 0 radical (unpaired) electrons. The van der Waals surface area contributed by atoms with Crippen molar-refractivity contribution in [1.82, 2.24) is 10.3 Å². The Morgan fingerprint density at radius 3 is 3.18 bits per heavy atom. The third-order valence-electron chi connectivity index (χ3n) is 2.91. The van der Waals surface area contributed by atoms with Crippen LogP contribution >= 0.6 is 11.8 Å². The average Bonchev–Trinajstić information content (AvgIpc) is 2.95. The van der Waals surface area contributed by atoms with Gasteiger partial charge in [0.2, 0.25) is 0 Å². The van der Waals surface area contributed by atoms with Gasteiger partial charge in [0, 0.05) is 24.9 Å².